The highest BCUT2D eigenvalue weighted by Gasteiger charge is 2.17. The van der Waals surface area contributed by atoms with E-state index in [4.69, 9.17) is 27.2 Å². The van der Waals surface area contributed by atoms with E-state index in [-0.39, 0.29) is 29.7 Å². The van der Waals surface area contributed by atoms with Crippen molar-refractivity contribution >= 4 is 27.3 Å². The molecule has 0 amide bonds. The molecule has 0 radical (unpaired) electrons. The van der Waals surface area contributed by atoms with Gasteiger partial charge in [-0.2, -0.15) is 0 Å². The average molecular weight is 309 g/mol. The molecule has 0 atom stereocenters. The van der Waals surface area contributed by atoms with E-state index in [1.807, 2.05) is 0 Å². The zero-order valence-corrected chi connectivity index (χ0v) is 11.9. The van der Waals surface area contributed by atoms with Gasteiger partial charge in [0.05, 0.1) is 18.2 Å². The lowest BCUT2D eigenvalue weighted by Crippen LogP contribution is -2.26. The fourth-order valence-electron chi connectivity index (χ4n) is 1.35. The minimum atomic E-state index is -3.67. The molecule has 1 aromatic rings. The molecule has 0 aliphatic carbocycles. The van der Waals surface area contributed by atoms with Crippen LogP contribution in [0.15, 0.2) is 23.1 Å². The number of benzene rings is 1. The highest BCUT2D eigenvalue weighted by molar-refractivity contribution is 7.89. The molecule has 0 saturated heterocycles. The van der Waals surface area contributed by atoms with E-state index in [0.29, 0.717) is 18.7 Å². The third kappa shape index (κ3) is 5.33. The molecular formula is C11H17ClN2O4S. The van der Waals surface area contributed by atoms with Crippen LogP contribution in [-0.2, 0) is 14.8 Å². The monoisotopic (exact) mass is 308 g/mol. The number of halogens is 1. The van der Waals surface area contributed by atoms with Crippen molar-refractivity contribution < 1.29 is 18.3 Å². The van der Waals surface area contributed by atoms with Gasteiger partial charge in [0.25, 0.3) is 0 Å². The van der Waals surface area contributed by atoms with Gasteiger partial charge in [-0.25, -0.2) is 13.1 Å². The fraction of sp³-hybridized carbons (Fsp3) is 0.455. The van der Waals surface area contributed by atoms with Gasteiger partial charge in [-0.05, 0) is 24.6 Å². The Morgan fingerprint density at radius 2 is 2.11 bits per heavy atom. The largest absolute Gasteiger partial charge is 0.399 e. The molecule has 6 nitrogen and oxygen atoms in total. The number of nitrogen functional groups attached to an aromatic ring is 1. The Labute approximate surface area is 117 Å². The van der Waals surface area contributed by atoms with Crippen LogP contribution in [0.25, 0.3) is 0 Å². The number of aliphatic hydroxyl groups excluding tert-OH is 1. The van der Waals surface area contributed by atoms with Crippen molar-refractivity contribution in [3.8, 4) is 0 Å². The first-order valence-electron chi connectivity index (χ1n) is 5.70. The lowest BCUT2D eigenvalue weighted by atomic mass is 10.3. The second-order valence-corrected chi connectivity index (χ2v) is 5.92. The zero-order valence-electron chi connectivity index (χ0n) is 10.3. The maximum absolute atomic E-state index is 12.0. The Morgan fingerprint density at radius 3 is 2.79 bits per heavy atom. The number of aliphatic hydroxyl groups is 1. The van der Waals surface area contributed by atoms with Gasteiger partial charge in [0.1, 0.15) is 4.90 Å². The van der Waals surface area contributed by atoms with Crippen LogP contribution >= 0.6 is 11.6 Å². The maximum Gasteiger partial charge on any atom is 0.242 e. The number of ether oxygens (including phenoxy) is 1. The molecule has 0 aliphatic heterocycles. The van der Waals surface area contributed by atoms with Crippen LogP contribution in [0.3, 0.4) is 0 Å². The quantitative estimate of drug-likeness (QED) is 0.482. The Bertz CT molecular complexity index is 507. The Morgan fingerprint density at radius 1 is 1.37 bits per heavy atom. The average Bonchev–Trinajstić information content (AvgIpc) is 2.36. The van der Waals surface area contributed by atoms with Crippen LogP contribution in [0.1, 0.15) is 6.42 Å². The number of nitrogens with two attached hydrogens (primary N) is 1. The summed E-state index contributed by atoms with van der Waals surface area (Å²) in [4.78, 5) is -0.0366. The molecule has 8 heteroatoms. The predicted molar refractivity (Wildman–Crippen MR) is 73.6 cm³/mol. The summed E-state index contributed by atoms with van der Waals surface area (Å²) in [7, 11) is -3.67. The van der Waals surface area contributed by atoms with E-state index in [1.54, 1.807) is 0 Å². The zero-order chi connectivity index (χ0) is 14.3. The normalized spacial score (nSPS) is 11.7. The first kappa shape index (κ1) is 16.2. The van der Waals surface area contributed by atoms with Crippen molar-refractivity contribution in [1.29, 1.82) is 0 Å². The molecule has 0 spiro atoms. The van der Waals surface area contributed by atoms with Crippen LogP contribution in [0.2, 0.25) is 5.02 Å². The van der Waals surface area contributed by atoms with Gasteiger partial charge in [0, 0.05) is 18.8 Å². The van der Waals surface area contributed by atoms with E-state index in [2.05, 4.69) is 4.72 Å². The predicted octanol–water partition coefficient (Wildman–Crippen LogP) is 0.599. The van der Waals surface area contributed by atoms with Gasteiger partial charge in [0.2, 0.25) is 10.0 Å². The van der Waals surface area contributed by atoms with Crippen molar-refractivity contribution in [3.05, 3.63) is 23.2 Å². The summed E-state index contributed by atoms with van der Waals surface area (Å²) in [5, 5.41) is 8.62. The second-order valence-electron chi connectivity index (χ2n) is 3.78. The van der Waals surface area contributed by atoms with Gasteiger partial charge >= 0.3 is 0 Å². The van der Waals surface area contributed by atoms with E-state index in [9.17, 15) is 8.42 Å². The smallest absolute Gasteiger partial charge is 0.242 e. The first-order chi connectivity index (χ1) is 8.97. The SMILES string of the molecule is Nc1ccc(Cl)c(S(=O)(=O)NCCCOCCO)c1. The summed E-state index contributed by atoms with van der Waals surface area (Å²) in [6.07, 6.45) is 0.499. The molecule has 0 aliphatic rings. The topological polar surface area (TPSA) is 102 Å². The van der Waals surface area contributed by atoms with Crippen LogP contribution in [-0.4, -0.2) is 39.9 Å². The number of anilines is 1. The summed E-state index contributed by atoms with van der Waals surface area (Å²) in [6, 6.07) is 4.28. The molecule has 1 aromatic carbocycles. The fourth-order valence-corrected chi connectivity index (χ4v) is 2.96. The molecule has 4 N–H and O–H groups in total. The van der Waals surface area contributed by atoms with E-state index in [1.165, 1.54) is 18.2 Å². The van der Waals surface area contributed by atoms with Gasteiger partial charge in [-0.1, -0.05) is 11.6 Å². The highest BCUT2D eigenvalue weighted by Crippen LogP contribution is 2.23. The van der Waals surface area contributed by atoms with E-state index >= 15 is 0 Å². The third-order valence-electron chi connectivity index (χ3n) is 2.24. The molecule has 0 unspecified atom stereocenters. The minimum Gasteiger partial charge on any atom is -0.399 e. The summed E-state index contributed by atoms with van der Waals surface area (Å²) >= 11 is 5.83. The lowest BCUT2D eigenvalue weighted by molar-refractivity contribution is 0.0913. The van der Waals surface area contributed by atoms with Crippen molar-refractivity contribution in [2.45, 2.75) is 11.3 Å². The maximum atomic E-state index is 12.0. The van der Waals surface area contributed by atoms with Crippen LogP contribution in [0.4, 0.5) is 5.69 Å². The van der Waals surface area contributed by atoms with Gasteiger partial charge < -0.3 is 15.6 Å². The number of hydrogen-bond donors (Lipinski definition) is 3. The van der Waals surface area contributed by atoms with Crippen LogP contribution < -0.4 is 10.5 Å². The molecule has 0 aromatic heterocycles. The summed E-state index contributed by atoms with van der Waals surface area (Å²) in [5.74, 6) is 0. The van der Waals surface area contributed by atoms with E-state index < -0.39 is 10.0 Å². The lowest BCUT2D eigenvalue weighted by Gasteiger charge is -2.09. The number of sulfonamides is 1. The van der Waals surface area contributed by atoms with Gasteiger partial charge in [-0.15, -0.1) is 0 Å². The molecule has 0 saturated carbocycles. The number of nitrogens with one attached hydrogen (secondary N) is 1. The molecule has 0 heterocycles. The number of hydrogen-bond acceptors (Lipinski definition) is 5. The van der Waals surface area contributed by atoms with Crippen molar-refractivity contribution in [2.24, 2.45) is 0 Å². The Kier molecular flexibility index (Phi) is 6.53. The minimum absolute atomic E-state index is 0.0366. The second kappa shape index (κ2) is 7.66. The van der Waals surface area contributed by atoms with Gasteiger partial charge in [-0.3, -0.25) is 0 Å². The Balaban J connectivity index is 2.54. The van der Waals surface area contributed by atoms with E-state index in [0.717, 1.165) is 0 Å². The number of rotatable bonds is 8. The molecule has 0 fully saturated rings. The van der Waals surface area contributed by atoms with Crippen LogP contribution in [0, 0.1) is 0 Å². The van der Waals surface area contributed by atoms with Crippen LogP contribution in [0.5, 0.6) is 0 Å². The van der Waals surface area contributed by atoms with Crippen molar-refractivity contribution in [3.63, 3.8) is 0 Å². The molecule has 19 heavy (non-hydrogen) atoms. The summed E-state index contributed by atoms with van der Waals surface area (Å²) in [6.45, 7) is 0.783. The first-order valence-corrected chi connectivity index (χ1v) is 7.57. The van der Waals surface area contributed by atoms with Crippen molar-refractivity contribution in [1.82, 2.24) is 4.72 Å². The standard InChI is InChI=1S/C11H17ClN2O4S/c12-10-3-2-9(13)8-11(10)19(16,17)14-4-1-6-18-7-5-15/h2-3,8,14-15H,1,4-7,13H2. The molecule has 1 rings (SSSR count). The molecule has 108 valence electrons. The highest BCUT2D eigenvalue weighted by atomic mass is 35.5. The van der Waals surface area contributed by atoms with Crippen molar-refractivity contribution in [2.75, 3.05) is 32.1 Å². The summed E-state index contributed by atoms with van der Waals surface area (Å²) in [5.41, 5.74) is 5.87. The molecule has 0 bridgehead atoms. The van der Waals surface area contributed by atoms with Gasteiger partial charge in [0.15, 0.2) is 0 Å². The molecular weight excluding hydrogens is 292 g/mol. The third-order valence-corrected chi connectivity index (χ3v) is 4.18. The Hall–Kier alpha value is -0.860. The summed E-state index contributed by atoms with van der Waals surface area (Å²) < 4.78 is 31.3.